The van der Waals surface area contributed by atoms with Crippen molar-refractivity contribution in [3.05, 3.63) is 36.0 Å². The second kappa shape index (κ2) is 4.36. The maximum Gasteiger partial charge on any atom is 0.192 e. The fourth-order valence-electron chi connectivity index (χ4n) is 1.66. The van der Waals surface area contributed by atoms with Crippen LogP contribution in [-0.2, 0) is 9.84 Å². The van der Waals surface area contributed by atoms with Gasteiger partial charge < -0.3 is 0 Å². The average Bonchev–Trinajstić information content (AvgIpc) is 2.85. The molecule has 3 aromatic heterocycles. The van der Waals surface area contributed by atoms with E-state index in [1.165, 1.54) is 23.6 Å². The summed E-state index contributed by atoms with van der Waals surface area (Å²) in [5.41, 5.74) is 4.13. The van der Waals surface area contributed by atoms with E-state index in [0.717, 1.165) is 27.9 Å². The molecule has 19 heavy (non-hydrogen) atoms. The highest BCUT2D eigenvalue weighted by Gasteiger charge is 2.09. The number of nitrogens with zero attached hydrogens (tertiary/aromatic N) is 3. The highest BCUT2D eigenvalue weighted by atomic mass is 32.2. The van der Waals surface area contributed by atoms with Gasteiger partial charge in [-0.3, -0.25) is 0 Å². The lowest BCUT2D eigenvalue weighted by molar-refractivity contribution is 0.598. The minimum absolute atomic E-state index is 0.0649. The minimum atomic E-state index is -3.27. The number of rotatable bonds is 2. The summed E-state index contributed by atoms with van der Waals surface area (Å²) >= 11 is 1.47. The van der Waals surface area contributed by atoms with Crippen LogP contribution < -0.4 is 0 Å². The molecule has 0 aliphatic rings. The summed E-state index contributed by atoms with van der Waals surface area (Å²) in [5, 5.41) is 0.0649. The van der Waals surface area contributed by atoms with E-state index in [4.69, 9.17) is 0 Å². The third kappa shape index (κ3) is 2.34. The summed E-state index contributed by atoms with van der Waals surface area (Å²) in [6.07, 6.45) is 2.65. The Kier molecular flexibility index (Phi) is 2.79. The van der Waals surface area contributed by atoms with Crippen LogP contribution in [0.1, 0.15) is 0 Å². The van der Waals surface area contributed by atoms with E-state index in [2.05, 4.69) is 15.0 Å². The van der Waals surface area contributed by atoms with Crippen molar-refractivity contribution >= 4 is 31.5 Å². The smallest absolute Gasteiger partial charge is 0.192 e. The fourth-order valence-corrected chi connectivity index (χ4v) is 2.88. The maximum absolute atomic E-state index is 11.3. The van der Waals surface area contributed by atoms with Crippen LogP contribution in [0.3, 0.4) is 0 Å². The number of hydrogen-bond donors (Lipinski definition) is 0. The molecule has 0 fully saturated rings. The molecule has 0 amide bonds. The predicted octanol–water partition coefficient (Wildman–Crippen LogP) is 2.16. The molecule has 3 rings (SSSR count). The zero-order valence-corrected chi connectivity index (χ0v) is 11.6. The molecule has 5 nitrogen and oxygen atoms in total. The van der Waals surface area contributed by atoms with Gasteiger partial charge >= 0.3 is 0 Å². The van der Waals surface area contributed by atoms with Crippen molar-refractivity contribution in [1.82, 2.24) is 15.0 Å². The lowest BCUT2D eigenvalue weighted by Crippen LogP contribution is -1.99. The molecule has 3 aromatic rings. The van der Waals surface area contributed by atoms with Gasteiger partial charge in [0.05, 0.1) is 16.7 Å². The summed E-state index contributed by atoms with van der Waals surface area (Å²) in [6, 6.07) is 6.93. The first kappa shape index (κ1) is 12.2. The maximum atomic E-state index is 11.3. The summed E-state index contributed by atoms with van der Waals surface area (Å²) < 4.78 is 22.7. The van der Waals surface area contributed by atoms with Gasteiger partial charge in [0.1, 0.15) is 4.83 Å². The van der Waals surface area contributed by atoms with Crippen molar-refractivity contribution < 1.29 is 8.42 Å². The van der Waals surface area contributed by atoms with Crippen LogP contribution in [0.4, 0.5) is 0 Å². The minimum Gasteiger partial charge on any atom is -0.244 e. The lowest BCUT2D eigenvalue weighted by Gasteiger charge is -2.01. The quantitative estimate of drug-likeness (QED) is 0.723. The zero-order chi connectivity index (χ0) is 13.5. The zero-order valence-electron chi connectivity index (χ0n) is 9.94. The molecule has 0 radical (unpaired) electrons. The monoisotopic (exact) mass is 291 g/mol. The third-order valence-electron chi connectivity index (χ3n) is 2.61. The van der Waals surface area contributed by atoms with E-state index in [1.54, 1.807) is 11.6 Å². The first-order chi connectivity index (χ1) is 9.04. The molecular weight excluding hydrogens is 282 g/mol. The number of hydrogen-bond acceptors (Lipinski definition) is 6. The summed E-state index contributed by atoms with van der Waals surface area (Å²) in [7, 11) is -3.27. The van der Waals surface area contributed by atoms with Gasteiger partial charge in [-0.15, -0.1) is 11.3 Å². The molecule has 0 saturated heterocycles. The Hall–Kier alpha value is -1.86. The number of fused-ring (bicyclic) bond motifs is 1. The standard InChI is InChI=1S/C12H9N3O2S2/c1-19(16,17)11-5-2-8(6-13-11)9-3-4-10-12(15-9)18-7-14-10/h2-7H,1H3. The van der Waals surface area contributed by atoms with Crippen LogP contribution in [-0.4, -0.2) is 29.6 Å². The van der Waals surface area contributed by atoms with Gasteiger partial charge in [0, 0.05) is 18.0 Å². The van der Waals surface area contributed by atoms with Gasteiger partial charge in [0.2, 0.25) is 0 Å². The summed E-state index contributed by atoms with van der Waals surface area (Å²) in [6.45, 7) is 0. The molecular formula is C12H9N3O2S2. The van der Waals surface area contributed by atoms with Gasteiger partial charge in [-0.05, 0) is 24.3 Å². The normalized spacial score (nSPS) is 11.8. The van der Waals surface area contributed by atoms with E-state index in [9.17, 15) is 8.42 Å². The molecule has 0 saturated carbocycles. The number of aromatic nitrogens is 3. The Balaban J connectivity index is 2.06. The van der Waals surface area contributed by atoms with Crippen molar-refractivity contribution in [2.45, 2.75) is 5.03 Å². The largest absolute Gasteiger partial charge is 0.244 e. The van der Waals surface area contributed by atoms with Gasteiger partial charge in [0.15, 0.2) is 14.9 Å². The molecule has 0 aliphatic carbocycles. The third-order valence-corrected chi connectivity index (χ3v) is 4.34. The molecule has 3 heterocycles. The average molecular weight is 291 g/mol. The van der Waals surface area contributed by atoms with Crippen LogP contribution in [0.2, 0.25) is 0 Å². The molecule has 7 heteroatoms. The fraction of sp³-hybridized carbons (Fsp3) is 0.0833. The van der Waals surface area contributed by atoms with Crippen LogP contribution in [0.15, 0.2) is 41.0 Å². The van der Waals surface area contributed by atoms with Crippen molar-refractivity contribution in [2.24, 2.45) is 0 Å². The number of pyridine rings is 2. The highest BCUT2D eigenvalue weighted by molar-refractivity contribution is 7.90. The van der Waals surface area contributed by atoms with E-state index in [0.29, 0.717) is 0 Å². The van der Waals surface area contributed by atoms with Crippen LogP contribution in [0, 0.1) is 0 Å². The molecule has 0 aliphatic heterocycles. The van der Waals surface area contributed by atoms with E-state index in [-0.39, 0.29) is 5.03 Å². The Labute approximate surface area is 113 Å². The molecule has 96 valence electrons. The number of thiazole rings is 1. The van der Waals surface area contributed by atoms with Gasteiger partial charge in [0.25, 0.3) is 0 Å². The molecule has 0 atom stereocenters. The predicted molar refractivity (Wildman–Crippen MR) is 73.8 cm³/mol. The Morgan fingerprint density at radius 3 is 2.63 bits per heavy atom. The lowest BCUT2D eigenvalue weighted by atomic mass is 10.2. The molecule has 0 unspecified atom stereocenters. The second-order valence-corrected chi connectivity index (χ2v) is 6.83. The Bertz CT molecular complexity index is 839. The van der Waals surface area contributed by atoms with Gasteiger partial charge in [-0.2, -0.15) is 0 Å². The summed E-state index contributed by atoms with van der Waals surface area (Å²) in [5.74, 6) is 0. The molecule has 0 bridgehead atoms. The Morgan fingerprint density at radius 1 is 1.11 bits per heavy atom. The van der Waals surface area contributed by atoms with Crippen molar-refractivity contribution in [3.63, 3.8) is 0 Å². The first-order valence-electron chi connectivity index (χ1n) is 5.41. The van der Waals surface area contributed by atoms with E-state index in [1.807, 2.05) is 12.1 Å². The Morgan fingerprint density at radius 2 is 1.95 bits per heavy atom. The van der Waals surface area contributed by atoms with Gasteiger partial charge in [-0.1, -0.05) is 0 Å². The van der Waals surface area contributed by atoms with Crippen molar-refractivity contribution in [2.75, 3.05) is 6.26 Å². The molecule has 0 aromatic carbocycles. The van der Waals surface area contributed by atoms with E-state index >= 15 is 0 Å². The number of sulfone groups is 1. The van der Waals surface area contributed by atoms with E-state index < -0.39 is 9.84 Å². The molecule has 0 spiro atoms. The van der Waals surface area contributed by atoms with Crippen molar-refractivity contribution in [3.8, 4) is 11.3 Å². The van der Waals surface area contributed by atoms with Gasteiger partial charge in [-0.25, -0.2) is 23.4 Å². The first-order valence-corrected chi connectivity index (χ1v) is 8.18. The highest BCUT2D eigenvalue weighted by Crippen LogP contribution is 2.22. The van der Waals surface area contributed by atoms with Crippen LogP contribution >= 0.6 is 11.3 Å². The second-order valence-electron chi connectivity index (χ2n) is 4.03. The summed E-state index contributed by atoms with van der Waals surface area (Å²) in [4.78, 5) is 13.4. The topological polar surface area (TPSA) is 72.8 Å². The van der Waals surface area contributed by atoms with Crippen molar-refractivity contribution in [1.29, 1.82) is 0 Å². The van der Waals surface area contributed by atoms with Crippen LogP contribution in [0.5, 0.6) is 0 Å². The van der Waals surface area contributed by atoms with Crippen LogP contribution in [0.25, 0.3) is 21.6 Å². The molecule has 0 N–H and O–H groups in total. The SMILES string of the molecule is CS(=O)(=O)c1ccc(-c2ccc3ncsc3n2)cn1.